The predicted octanol–water partition coefficient (Wildman–Crippen LogP) is 2.83. The lowest BCUT2D eigenvalue weighted by molar-refractivity contribution is -0.111. The maximum Gasteiger partial charge on any atom is 0.264 e. The molecule has 0 unspecified atom stereocenters. The number of aryl methyl sites for hydroxylation is 1. The van der Waals surface area contributed by atoms with E-state index in [4.69, 9.17) is 4.42 Å². The molecule has 2 heterocycles. The van der Waals surface area contributed by atoms with Gasteiger partial charge in [0.2, 0.25) is 11.9 Å². The van der Waals surface area contributed by atoms with Gasteiger partial charge >= 0.3 is 0 Å². The van der Waals surface area contributed by atoms with Crippen molar-refractivity contribution < 1.29 is 17.6 Å². The zero-order chi connectivity index (χ0) is 19.3. The number of hydrogen-bond donors (Lipinski definition) is 2. The molecule has 0 saturated heterocycles. The van der Waals surface area contributed by atoms with Crippen molar-refractivity contribution >= 4 is 33.6 Å². The molecule has 0 aliphatic rings. The van der Waals surface area contributed by atoms with E-state index < -0.39 is 10.0 Å². The van der Waals surface area contributed by atoms with Gasteiger partial charge in [0.05, 0.1) is 4.90 Å². The number of nitrogens with zero attached hydrogens (tertiary/aromatic N) is 2. The number of aromatic nitrogens is 2. The Labute approximate surface area is 156 Å². The van der Waals surface area contributed by atoms with Crippen molar-refractivity contribution in [2.24, 2.45) is 0 Å². The maximum atomic E-state index is 12.3. The molecule has 0 aliphatic carbocycles. The van der Waals surface area contributed by atoms with Crippen LogP contribution >= 0.6 is 0 Å². The van der Waals surface area contributed by atoms with Crippen molar-refractivity contribution in [3.8, 4) is 0 Å². The van der Waals surface area contributed by atoms with Gasteiger partial charge in [-0.05, 0) is 55.5 Å². The summed E-state index contributed by atoms with van der Waals surface area (Å²) in [6, 6.07) is 10.9. The van der Waals surface area contributed by atoms with E-state index in [0.717, 1.165) is 5.76 Å². The van der Waals surface area contributed by atoms with Gasteiger partial charge in [0.15, 0.2) is 0 Å². The van der Waals surface area contributed by atoms with Crippen LogP contribution in [0.25, 0.3) is 6.08 Å². The van der Waals surface area contributed by atoms with Crippen molar-refractivity contribution in [3.63, 3.8) is 0 Å². The normalized spacial score (nSPS) is 11.4. The Bertz CT molecular complexity index is 1060. The molecular formula is C18H16N4O4S. The summed E-state index contributed by atoms with van der Waals surface area (Å²) in [5.41, 5.74) is 0.454. The van der Waals surface area contributed by atoms with Gasteiger partial charge in [-0.3, -0.25) is 4.79 Å². The molecule has 1 amide bonds. The molecule has 3 rings (SSSR count). The van der Waals surface area contributed by atoms with Crippen LogP contribution in [0.2, 0.25) is 0 Å². The van der Waals surface area contributed by atoms with Crippen LogP contribution in [-0.4, -0.2) is 24.3 Å². The van der Waals surface area contributed by atoms with Crippen LogP contribution in [0.1, 0.15) is 11.5 Å². The van der Waals surface area contributed by atoms with E-state index in [9.17, 15) is 13.2 Å². The largest absolute Gasteiger partial charge is 0.462 e. The molecule has 0 saturated carbocycles. The molecule has 9 heteroatoms. The summed E-state index contributed by atoms with van der Waals surface area (Å²) >= 11 is 0. The smallest absolute Gasteiger partial charge is 0.264 e. The Morgan fingerprint density at radius 2 is 1.78 bits per heavy atom. The third kappa shape index (κ3) is 5.02. The number of carbonyl (C=O) groups excluding carboxylic acids is 1. The fourth-order valence-electron chi connectivity index (χ4n) is 2.13. The van der Waals surface area contributed by atoms with Crippen LogP contribution in [0, 0.1) is 6.92 Å². The Hall–Kier alpha value is -3.46. The highest BCUT2D eigenvalue weighted by atomic mass is 32.2. The second-order valence-electron chi connectivity index (χ2n) is 5.47. The summed E-state index contributed by atoms with van der Waals surface area (Å²) in [4.78, 5) is 19.6. The van der Waals surface area contributed by atoms with E-state index in [2.05, 4.69) is 20.0 Å². The number of hydrogen-bond acceptors (Lipinski definition) is 6. The van der Waals surface area contributed by atoms with Gasteiger partial charge < -0.3 is 9.73 Å². The number of furan rings is 1. The predicted molar refractivity (Wildman–Crippen MR) is 100 cm³/mol. The molecule has 2 N–H and O–H groups in total. The summed E-state index contributed by atoms with van der Waals surface area (Å²) < 4.78 is 32.2. The molecule has 0 atom stereocenters. The van der Waals surface area contributed by atoms with Crippen molar-refractivity contribution in [3.05, 3.63) is 72.5 Å². The summed E-state index contributed by atoms with van der Waals surface area (Å²) in [5, 5.41) is 2.64. The molecule has 2 aromatic heterocycles. The highest BCUT2D eigenvalue weighted by molar-refractivity contribution is 7.92. The highest BCUT2D eigenvalue weighted by Crippen LogP contribution is 2.16. The summed E-state index contributed by atoms with van der Waals surface area (Å²) in [5.74, 6) is 0.934. The van der Waals surface area contributed by atoms with Gasteiger partial charge in [-0.1, -0.05) is 0 Å². The molecule has 0 fully saturated rings. The fraction of sp³-hybridized carbons (Fsp3) is 0.0556. The average Bonchev–Trinajstić information content (AvgIpc) is 3.06. The first-order chi connectivity index (χ1) is 12.9. The Kier molecular flexibility index (Phi) is 5.32. The van der Waals surface area contributed by atoms with Crippen molar-refractivity contribution in [1.82, 2.24) is 9.97 Å². The quantitative estimate of drug-likeness (QED) is 0.632. The van der Waals surface area contributed by atoms with Crippen molar-refractivity contribution in [2.75, 3.05) is 10.0 Å². The number of amides is 1. The minimum absolute atomic E-state index is 0.0202. The molecule has 0 aliphatic heterocycles. The van der Waals surface area contributed by atoms with Crippen LogP contribution in [-0.2, 0) is 14.8 Å². The van der Waals surface area contributed by atoms with E-state index in [0.29, 0.717) is 11.4 Å². The fourth-order valence-corrected chi connectivity index (χ4v) is 3.09. The molecule has 3 aromatic rings. The Morgan fingerprint density at radius 1 is 1.07 bits per heavy atom. The van der Waals surface area contributed by atoms with Crippen LogP contribution in [0.15, 0.2) is 70.2 Å². The lowest BCUT2D eigenvalue weighted by Gasteiger charge is -2.07. The molecule has 27 heavy (non-hydrogen) atoms. The van der Waals surface area contributed by atoms with Crippen molar-refractivity contribution in [1.29, 1.82) is 0 Å². The molecule has 0 radical (unpaired) electrons. The lowest BCUT2D eigenvalue weighted by Crippen LogP contribution is -2.15. The van der Waals surface area contributed by atoms with Crippen LogP contribution in [0.5, 0.6) is 0 Å². The van der Waals surface area contributed by atoms with E-state index in [1.54, 1.807) is 24.3 Å². The van der Waals surface area contributed by atoms with Gasteiger partial charge in [-0.2, -0.15) is 0 Å². The van der Waals surface area contributed by atoms with Gasteiger partial charge in [0.1, 0.15) is 11.5 Å². The molecule has 8 nitrogen and oxygen atoms in total. The average molecular weight is 384 g/mol. The van der Waals surface area contributed by atoms with Crippen LogP contribution < -0.4 is 10.0 Å². The van der Waals surface area contributed by atoms with E-state index in [-0.39, 0.29) is 16.8 Å². The maximum absolute atomic E-state index is 12.3. The van der Waals surface area contributed by atoms with E-state index in [1.807, 2.05) is 6.92 Å². The standard InChI is InChI=1S/C18H16N4O4S/c1-13-3-6-15(26-13)7-10-17(23)21-14-4-8-16(9-5-14)27(24,25)22-18-19-11-2-12-20-18/h2-12H,1H3,(H,21,23)(H,19,20,22). The number of rotatable bonds is 6. The zero-order valence-electron chi connectivity index (χ0n) is 14.3. The first-order valence-corrected chi connectivity index (χ1v) is 9.36. The molecular weight excluding hydrogens is 368 g/mol. The summed E-state index contributed by atoms with van der Waals surface area (Å²) in [6.07, 6.45) is 5.74. The van der Waals surface area contributed by atoms with E-state index in [1.165, 1.54) is 42.7 Å². The van der Waals surface area contributed by atoms with Gasteiger partial charge in [-0.25, -0.2) is 23.1 Å². The summed E-state index contributed by atoms with van der Waals surface area (Å²) in [7, 11) is -3.82. The first kappa shape index (κ1) is 18.3. The highest BCUT2D eigenvalue weighted by Gasteiger charge is 2.15. The molecule has 0 spiro atoms. The second-order valence-corrected chi connectivity index (χ2v) is 7.16. The monoisotopic (exact) mass is 384 g/mol. The Morgan fingerprint density at radius 3 is 2.41 bits per heavy atom. The van der Waals surface area contributed by atoms with Gasteiger partial charge in [0.25, 0.3) is 10.0 Å². The molecule has 138 valence electrons. The number of carbonyl (C=O) groups is 1. The van der Waals surface area contributed by atoms with Crippen molar-refractivity contribution in [2.45, 2.75) is 11.8 Å². The topological polar surface area (TPSA) is 114 Å². The Balaban J connectivity index is 1.64. The number of benzene rings is 1. The number of sulfonamides is 1. The SMILES string of the molecule is Cc1ccc(C=CC(=O)Nc2ccc(S(=O)(=O)Nc3ncccn3)cc2)o1. The molecule has 0 bridgehead atoms. The number of anilines is 2. The number of nitrogens with one attached hydrogen (secondary N) is 2. The lowest BCUT2D eigenvalue weighted by atomic mass is 10.3. The van der Waals surface area contributed by atoms with Crippen LogP contribution in [0.4, 0.5) is 11.6 Å². The van der Waals surface area contributed by atoms with Gasteiger partial charge in [-0.15, -0.1) is 0 Å². The minimum atomic E-state index is -3.82. The first-order valence-electron chi connectivity index (χ1n) is 7.88. The third-order valence-corrected chi connectivity index (χ3v) is 4.73. The zero-order valence-corrected chi connectivity index (χ0v) is 15.1. The van der Waals surface area contributed by atoms with E-state index >= 15 is 0 Å². The minimum Gasteiger partial charge on any atom is -0.462 e. The molecule has 1 aromatic carbocycles. The second kappa shape index (κ2) is 7.83. The summed E-state index contributed by atoms with van der Waals surface area (Å²) in [6.45, 7) is 1.81. The third-order valence-electron chi connectivity index (χ3n) is 3.38. The van der Waals surface area contributed by atoms with Gasteiger partial charge in [0, 0.05) is 24.2 Å². The van der Waals surface area contributed by atoms with Crippen LogP contribution in [0.3, 0.4) is 0 Å².